The van der Waals surface area contributed by atoms with Gasteiger partial charge in [-0.05, 0) is 6.92 Å². The second kappa shape index (κ2) is 14.1. The summed E-state index contributed by atoms with van der Waals surface area (Å²) in [6, 6.07) is -1.29. The Bertz CT molecular complexity index is 972. The van der Waals surface area contributed by atoms with Crippen LogP contribution in [-0.4, -0.2) is 167 Å². The van der Waals surface area contributed by atoms with Gasteiger partial charge in [0, 0.05) is 14.0 Å². The Kier molecular flexibility index (Phi) is 11.8. The lowest BCUT2D eigenvalue weighted by atomic mass is 9.94. The maximum absolute atomic E-state index is 12.1. The molecule has 0 aromatic rings. The number of hydrogen-bond acceptors (Lipinski definition) is 17. The fourth-order valence-corrected chi connectivity index (χ4v) is 5.33. The quantitative estimate of drug-likeness (QED) is 0.102. The summed E-state index contributed by atoms with van der Waals surface area (Å²) < 4.78 is 69.8. The molecule has 3 saturated heterocycles. The first-order valence-corrected chi connectivity index (χ1v) is 13.8. The van der Waals surface area contributed by atoms with E-state index in [1.807, 2.05) is 0 Å². The van der Waals surface area contributed by atoms with Crippen LogP contribution in [0.3, 0.4) is 0 Å². The Balaban J connectivity index is 1.99. The average Bonchev–Trinajstić information content (AvgIpc) is 2.90. The van der Waals surface area contributed by atoms with E-state index < -0.39 is 122 Å². The molecule has 0 aromatic heterocycles. The van der Waals surface area contributed by atoms with E-state index in [4.69, 9.17) is 33.0 Å². The summed E-state index contributed by atoms with van der Waals surface area (Å²) in [5.74, 6) is -0.622. The van der Waals surface area contributed by atoms with Crippen molar-refractivity contribution < 1.29 is 86.1 Å². The van der Waals surface area contributed by atoms with Gasteiger partial charge in [-0.1, -0.05) is 0 Å². The first kappa shape index (κ1) is 34.3. The second-order valence-electron chi connectivity index (χ2n) is 9.77. The number of hydrogen-bond donors (Lipinski definition) is 9. The maximum Gasteiger partial charge on any atom is 0.397 e. The second-order valence-corrected chi connectivity index (χ2v) is 10.8. The third kappa shape index (κ3) is 7.86. The van der Waals surface area contributed by atoms with Crippen LogP contribution in [0.25, 0.3) is 0 Å². The summed E-state index contributed by atoms with van der Waals surface area (Å²) in [4.78, 5) is 12.1. The molecule has 9 N–H and O–H groups in total. The van der Waals surface area contributed by atoms with Crippen LogP contribution in [0.5, 0.6) is 0 Å². The molecule has 3 heterocycles. The molecule has 3 aliphatic rings. The zero-order valence-corrected chi connectivity index (χ0v) is 23.0. The SMILES string of the molecule is COC1OC(CO)C(OC2OC(CO)C(O)C(OS(=O)(=O)O)C2O)C(OC2OC(C)C(O)C(O)C2O)C1NC(C)=O. The van der Waals surface area contributed by atoms with Gasteiger partial charge in [0.05, 0.1) is 19.3 Å². The topological polar surface area (TPSA) is 290 Å². The average molecular weight is 624 g/mol. The fraction of sp³-hybridized carbons (Fsp3) is 0.952. The highest BCUT2D eigenvalue weighted by molar-refractivity contribution is 7.80. The Morgan fingerprint density at radius 2 is 1.34 bits per heavy atom. The molecule has 0 aliphatic carbocycles. The highest BCUT2D eigenvalue weighted by Crippen LogP contribution is 2.34. The Morgan fingerprint density at radius 1 is 0.780 bits per heavy atom. The molecule has 41 heavy (non-hydrogen) atoms. The molecule has 1 amide bonds. The number of nitrogens with one attached hydrogen (secondary N) is 1. The van der Waals surface area contributed by atoms with E-state index in [0.717, 1.165) is 6.92 Å². The highest BCUT2D eigenvalue weighted by Gasteiger charge is 2.55. The van der Waals surface area contributed by atoms with Gasteiger partial charge in [-0.2, -0.15) is 8.42 Å². The zero-order chi connectivity index (χ0) is 30.8. The minimum Gasteiger partial charge on any atom is -0.394 e. The van der Waals surface area contributed by atoms with E-state index in [-0.39, 0.29) is 0 Å². The van der Waals surface area contributed by atoms with Crippen LogP contribution in [0.4, 0.5) is 0 Å². The van der Waals surface area contributed by atoms with E-state index in [2.05, 4.69) is 9.50 Å². The minimum absolute atomic E-state index is 0.622. The Morgan fingerprint density at radius 3 is 1.88 bits per heavy atom. The molecule has 20 heteroatoms. The van der Waals surface area contributed by atoms with Crippen molar-refractivity contribution in [3.05, 3.63) is 0 Å². The number of amides is 1. The number of methoxy groups -OCH3 is 1. The summed E-state index contributed by atoms with van der Waals surface area (Å²) in [6.45, 7) is 0.799. The number of aliphatic hydroxyl groups excluding tert-OH is 7. The van der Waals surface area contributed by atoms with Crippen LogP contribution in [-0.2, 0) is 47.8 Å². The van der Waals surface area contributed by atoms with Gasteiger partial charge in [0.25, 0.3) is 0 Å². The van der Waals surface area contributed by atoms with Crippen LogP contribution in [0.2, 0.25) is 0 Å². The van der Waals surface area contributed by atoms with Crippen molar-refractivity contribution in [3.8, 4) is 0 Å². The summed E-state index contributed by atoms with van der Waals surface area (Å²) in [5, 5.41) is 74.2. The van der Waals surface area contributed by atoms with Crippen molar-refractivity contribution in [2.45, 2.75) is 106 Å². The van der Waals surface area contributed by atoms with E-state index >= 15 is 0 Å². The van der Waals surface area contributed by atoms with Crippen molar-refractivity contribution in [2.75, 3.05) is 20.3 Å². The predicted octanol–water partition coefficient (Wildman–Crippen LogP) is -5.92. The van der Waals surface area contributed by atoms with E-state index in [1.165, 1.54) is 14.0 Å². The smallest absolute Gasteiger partial charge is 0.394 e. The molecule has 3 fully saturated rings. The van der Waals surface area contributed by atoms with Crippen LogP contribution >= 0.6 is 0 Å². The van der Waals surface area contributed by atoms with Gasteiger partial charge in [-0.15, -0.1) is 0 Å². The molecule has 15 unspecified atom stereocenters. The summed E-state index contributed by atoms with van der Waals surface area (Å²) in [6.07, 6.45) is -23.3. The number of rotatable bonds is 10. The van der Waals surface area contributed by atoms with Crippen LogP contribution in [0, 0.1) is 0 Å². The summed E-state index contributed by atoms with van der Waals surface area (Å²) >= 11 is 0. The van der Waals surface area contributed by atoms with Crippen molar-refractivity contribution in [1.82, 2.24) is 5.32 Å². The molecular formula is C21H37NO18S. The minimum atomic E-state index is -5.23. The van der Waals surface area contributed by atoms with Crippen molar-refractivity contribution in [3.63, 3.8) is 0 Å². The number of carbonyl (C=O) groups excluding carboxylic acids is 1. The Labute approximate surface area is 234 Å². The summed E-state index contributed by atoms with van der Waals surface area (Å²) in [7, 11) is -4.02. The number of aliphatic hydroxyl groups is 7. The molecule has 3 aliphatic heterocycles. The van der Waals surface area contributed by atoms with Gasteiger partial charge >= 0.3 is 10.4 Å². The van der Waals surface area contributed by atoms with Crippen LogP contribution in [0.15, 0.2) is 0 Å². The van der Waals surface area contributed by atoms with E-state index in [0.29, 0.717) is 0 Å². The zero-order valence-electron chi connectivity index (χ0n) is 22.1. The normalized spacial score (nSPS) is 45.8. The number of ether oxygens (including phenoxy) is 6. The first-order valence-electron chi connectivity index (χ1n) is 12.5. The van der Waals surface area contributed by atoms with Crippen LogP contribution in [0.1, 0.15) is 13.8 Å². The number of carbonyl (C=O) groups is 1. The van der Waals surface area contributed by atoms with Crippen molar-refractivity contribution in [1.29, 1.82) is 0 Å². The highest BCUT2D eigenvalue weighted by atomic mass is 32.3. The first-order chi connectivity index (χ1) is 19.1. The molecular weight excluding hydrogens is 586 g/mol. The molecule has 15 atom stereocenters. The lowest BCUT2D eigenvalue weighted by Gasteiger charge is -2.50. The standard InChI is InChI=1S/C21H37NO18S/c1-6-11(26)13(28)14(29)20(35-6)39-17-10(22-7(2)25)19(34-3)37-9(5-24)16(17)38-21-15(30)18(40-41(31,32)33)12(27)8(4-23)36-21/h6,8-21,23-24,26-30H,4-5H2,1-3H3,(H,22,25)(H,31,32,33). The molecule has 0 bridgehead atoms. The summed E-state index contributed by atoms with van der Waals surface area (Å²) in [5.41, 5.74) is 0. The maximum atomic E-state index is 12.1. The molecule has 3 rings (SSSR count). The van der Waals surface area contributed by atoms with Crippen LogP contribution < -0.4 is 5.32 Å². The molecule has 0 aromatic carbocycles. The Hall–Kier alpha value is -1.18. The third-order valence-electron chi connectivity index (χ3n) is 6.87. The van der Waals surface area contributed by atoms with E-state index in [9.17, 15) is 49.0 Å². The molecule has 19 nitrogen and oxygen atoms in total. The fourth-order valence-electron chi connectivity index (χ4n) is 4.82. The van der Waals surface area contributed by atoms with Crippen molar-refractivity contribution in [2.24, 2.45) is 0 Å². The molecule has 0 radical (unpaired) electrons. The third-order valence-corrected chi connectivity index (χ3v) is 7.34. The van der Waals surface area contributed by atoms with Gasteiger partial charge in [0.1, 0.15) is 67.1 Å². The lowest BCUT2D eigenvalue weighted by Crippen LogP contribution is -2.69. The molecule has 0 saturated carbocycles. The molecule has 0 spiro atoms. The van der Waals surface area contributed by atoms with Gasteiger partial charge in [-0.3, -0.25) is 9.35 Å². The largest absolute Gasteiger partial charge is 0.397 e. The predicted molar refractivity (Wildman–Crippen MR) is 127 cm³/mol. The van der Waals surface area contributed by atoms with Gasteiger partial charge in [0.15, 0.2) is 18.9 Å². The van der Waals surface area contributed by atoms with Crippen molar-refractivity contribution >= 4 is 16.3 Å². The lowest BCUT2D eigenvalue weighted by molar-refractivity contribution is -0.371. The van der Waals surface area contributed by atoms with Gasteiger partial charge in [0.2, 0.25) is 5.91 Å². The van der Waals surface area contributed by atoms with Gasteiger partial charge < -0.3 is 69.5 Å². The van der Waals surface area contributed by atoms with E-state index in [1.54, 1.807) is 0 Å². The monoisotopic (exact) mass is 623 g/mol. The van der Waals surface area contributed by atoms with Gasteiger partial charge in [-0.25, -0.2) is 4.18 Å². The molecule has 240 valence electrons.